The maximum absolute atomic E-state index is 13.6. The first-order chi connectivity index (χ1) is 8.69. The van der Waals surface area contributed by atoms with E-state index < -0.39 is 0 Å². The van der Waals surface area contributed by atoms with Gasteiger partial charge in [0.25, 0.3) is 0 Å². The SMILES string of the molecule is CCCNC(CCCOC)c1ccc(C)c(F)c1. The Morgan fingerprint density at radius 2 is 2.17 bits per heavy atom. The third-order valence-electron chi connectivity index (χ3n) is 3.08. The summed E-state index contributed by atoms with van der Waals surface area (Å²) in [5.74, 6) is -0.123. The minimum absolute atomic E-state index is 0.123. The van der Waals surface area contributed by atoms with Crippen molar-refractivity contribution in [2.45, 2.75) is 39.2 Å². The molecule has 1 atom stereocenters. The van der Waals surface area contributed by atoms with Crippen LogP contribution in [-0.2, 0) is 4.74 Å². The third-order valence-corrected chi connectivity index (χ3v) is 3.08. The fourth-order valence-electron chi connectivity index (χ4n) is 1.96. The Morgan fingerprint density at radius 1 is 1.39 bits per heavy atom. The molecule has 0 spiro atoms. The maximum Gasteiger partial charge on any atom is 0.126 e. The lowest BCUT2D eigenvalue weighted by Gasteiger charge is -2.19. The van der Waals surface area contributed by atoms with Crippen LogP contribution in [0.4, 0.5) is 4.39 Å². The van der Waals surface area contributed by atoms with Gasteiger partial charge in [-0.15, -0.1) is 0 Å². The molecule has 0 saturated carbocycles. The number of halogens is 1. The highest BCUT2D eigenvalue weighted by molar-refractivity contribution is 5.25. The first-order valence-corrected chi connectivity index (χ1v) is 6.67. The molecule has 1 aromatic rings. The van der Waals surface area contributed by atoms with Crippen molar-refractivity contribution >= 4 is 0 Å². The molecule has 0 heterocycles. The van der Waals surface area contributed by atoms with Crippen LogP contribution >= 0.6 is 0 Å². The smallest absolute Gasteiger partial charge is 0.126 e. The maximum atomic E-state index is 13.6. The van der Waals surface area contributed by atoms with Crippen molar-refractivity contribution in [2.24, 2.45) is 0 Å². The normalized spacial score (nSPS) is 12.7. The Kier molecular flexibility index (Phi) is 6.91. The average Bonchev–Trinajstić information content (AvgIpc) is 2.37. The van der Waals surface area contributed by atoms with E-state index in [1.54, 1.807) is 20.1 Å². The van der Waals surface area contributed by atoms with Crippen molar-refractivity contribution in [1.29, 1.82) is 0 Å². The third kappa shape index (κ3) is 4.75. The van der Waals surface area contributed by atoms with Crippen molar-refractivity contribution in [3.05, 3.63) is 35.1 Å². The lowest BCUT2D eigenvalue weighted by atomic mass is 10.0. The minimum atomic E-state index is -0.123. The van der Waals surface area contributed by atoms with Crippen molar-refractivity contribution in [3.63, 3.8) is 0 Å². The van der Waals surface area contributed by atoms with E-state index in [1.165, 1.54) is 0 Å². The molecule has 102 valence electrons. The van der Waals surface area contributed by atoms with Crippen LogP contribution in [0.3, 0.4) is 0 Å². The Hall–Kier alpha value is -0.930. The molecule has 0 bridgehead atoms. The average molecular weight is 253 g/mol. The highest BCUT2D eigenvalue weighted by atomic mass is 19.1. The highest BCUT2D eigenvalue weighted by Crippen LogP contribution is 2.21. The summed E-state index contributed by atoms with van der Waals surface area (Å²) < 4.78 is 18.7. The van der Waals surface area contributed by atoms with Gasteiger partial charge in [0.15, 0.2) is 0 Å². The van der Waals surface area contributed by atoms with Gasteiger partial charge in [0.2, 0.25) is 0 Å². The van der Waals surface area contributed by atoms with Crippen LogP contribution in [0.5, 0.6) is 0 Å². The Labute approximate surface area is 110 Å². The molecular weight excluding hydrogens is 229 g/mol. The number of rotatable bonds is 8. The Morgan fingerprint density at radius 3 is 2.78 bits per heavy atom. The molecule has 0 aliphatic carbocycles. The number of ether oxygens (including phenoxy) is 1. The van der Waals surface area contributed by atoms with Gasteiger partial charge in [-0.25, -0.2) is 4.39 Å². The number of methoxy groups -OCH3 is 1. The zero-order valence-corrected chi connectivity index (χ0v) is 11.6. The largest absolute Gasteiger partial charge is 0.385 e. The second kappa shape index (κ2) is 8.22. The van der Waals surface area contributed by atoms with Crippen molar-refractivity contribution in [1.82, 2.24) is 5.32 Å². The van der Waals surface area contributed by atoms with E-state index in [2.05, 4.69) is 12.2 Å². The number of hydrogen-bond donors (Lipinski definition) is 1. The number of benzene rings is 1. The van der Waals surface area contributed by atoms with Crippen LogP contribution in [0.2, 0.25) is 0 Å². The molecule has 1 N–H and O–H groups in total. The first kappa shape index (κ1) is 15.1. The van der Waals surface area contributed by atoms with Gasteiger partial charge in [-0.1, -0.05) is 19.1 Å². The molecule has 0 fully saturated rings. The van der Waals surface area contributed by atoms with Gasteiger partial charge in [0, 0.05) is 19.8 Å². The fraction of sp³-hybridized carbons (Fsp3) is 0.600. The second-order valence-corrected chi connectivity index (χ2v) is 4.65. The summed E-state index contributed by atoms with van der Waals surface area (Å²) in [5, 5.41) is 3.47. The monoisotopic (exact) mass is 253 g/mol. The molecule has 0 amide bonds. The molecule has 1 unspecified atom stereocenters. The van der Waals surface area contributed by atoms with Crippen molar-refractivity contribution < 1.29 is 9.13 Å². The summed E-state index contributed by atoms with van der Waals surface area (Å²) in [5.41, 5.74) is 1.73. The lowest BCUT2D eigenvalue weighted by Crippen LogP contribution is -2.22. The molecule has 3 heteroatoms. The van der Waals surface area contributed by atoms with E-state index in [0.29, 0.717) is 5.56 Å². The molecular formula is C15H24FNO. The van der Waals surface area contributed by atoms with E-state index in [4.69, 9.17) is 4.74 Å². The summed E-state index contributed by atoms with van der Waals surface area (Å²) in [4.78, 5) is 0. The summed E-state index contributed by atoms with van der Waals surface area (Å²) in [6.07, 6.45) is 3.03. The second-order valence-electron chi connectivity index (χ2n) is 4.65. The van der Waals surface area contributed by atoms with Gasteiger partial charge >= 0.3 is 0 Å². The summed E-state index contributed by atoms with van der Waals surface area (Å²) in [7, 11) is 1.71. The summed E-state index contributed by atoms with van der Waals surface area (Å²) in [6, 6.07) is 5.73. The molecule has 0 aliphatic heterocycles. The summed E-state index contributed by atoms with van der Waals surface area (Å²) >= 11 is 0. The molecule has 0 saturated heterocycles. The standard InChI is InChI=1S/C15H24FNO/c1-4-9-17-15(6-5-10-18-3)13-8-7-12(2)14(16)11-13/h7-8,11,15,17H,4-6,9-10H2,1-3H3. The molecule has 1 rings (SSSR count). The fourth-order valence-corrected chi connectivity index (χ4v) is 1.96. The molecule has 1 aromatic carbocycles. The van der Waals surface area contributed by atoms with Gasteiger partial charge in [0.05, 0.1) is 0 Å². The van der Waals surface area contributed by atoms with E-state index in [1.807, 2.05) is 12.1 Å². The van der Waals surface area contributed by atoms with Gasteiger partial charge in [-0.05, 0) is 49.9 Å². The van der Waals surface area contributed by atoms with E-state index >= 15 is 0 Å². The molecule has 0 aliphatic rings. The van der Waals surface area contributed by atoms with Crippen LogP contribution in [0, 0.1) is 12.7 Å². The van der Waals surface area contributed by atoms with Gasteiger partial charge in [0.1, 0.15) is 5.82 Å². The Bertz CT molecular complexity index is 354. The van der Waals surface area contributed by atoms with E-state index in [-0.39, 0.29) is 11.9 Å². The van der Waals surface area contributed by atoms with Crippen molar-refractivity contribution in [2.75, 3.05) is 20.3 Å². The van der Waals surface area contributed by atoms with Gasteiger partial charge in [-0.2, -0.15) is 0 Å². The Balaban J connectivity index is 2.70. The van der Waals surface area contributed by atoms with Crippen molar-refractivity contribution in [3.8, 4) is 0 Å². The minimum Gasteiger partial charge on any atom is -0.385 e. The van der Waals surface area contributed by atoms with Gasteiger partial charge in [-0.3, -0.25) is 0 Å². The van der Waals surface area contributed by atoms with Crippen LogP contribution in [0.25, 0.3) is 0 Å². The molecule has 2 nitrogen and oxygen atoms in total. The molecule has 18 heavy (non-hydrogen) atoms. The highest BCUT2D eigenvalue weighted by Gasteiger charge is 2.11. The van der Waals surface area contributed by atoms with E-state index in [9.17, 15) is 4.39 Å². The zero-order chi connectivity index (χ0) is 13.4. The lowest BCUT2D eigenvalue weighted by molar-refractivity contribution is 0.188. The number of aryl methyl sites for hydroxylation is 1. The predicted octanol–water partition coefficient (Wildman–Crippen LogP) is 3.60. The van der Waals surface area contributed by atoms with Crippen LogP contribution < -0.4 is 5.32 Å². The zero-order valence-electron chi connectivity index (χ0n) is 11.6. The van der Waals surface area contributed by atoms with Crippen LogP contribution in [0.15, 0.2) is 18.2 Å². The van der Waals surface area contributed by atoms with Crippen LogP contribution in [-0.4, -0.2) is 20.3 Å². The topological polar surface area (TPSA) is 21.3 Å². The summed E-state index contributed by atoms with van der Waals surface area (Å²) in [6.45, 7) is 5.62. The van der Waals surface area contributed by atoms with Gasteiger partial charge < -0.3 is 10.1 Å². The van der Waals surface area contributed by atoms with Crippen LogP contribution in [0.1, 0.15) is 43.4 Å². The first-order valence-electron chi connectivity index (χ1n) is 6.67. The quantitative estimate of drug-likeness (QED) is 0.715. The number of hydrogen-bond acceptors (Lipinski definition) is 2. The molecule has 0 radical (unpaired) electrons. The molecule has 0 aromatic heterocycles. The van der Waals surface area contributed by atoms with E-state index in [0.717, 1.165) is 38.0 Å². The number of nitrogens with one attached hydrogen (secondary N) is 1. The predicted molar refractivity (Wildman–Crippen MR) is 73.3 cm³/mol.